The number of amides is 3. The first-order valence-corrected chi connectivity index (χ1v) is 12.3. The second kappa shape index (κ2) is 10.1. The topological polar surface area (TPSA) is 79.0 Å². The Kier molecular flexibility index (Phi) is 7.17. The summed E-state index contributed by atoms with van der Waals surface area (Å²) in [4.78, 5) is 42.6. The van der Waals surface area contributed by atoms with E-state index in [1.54, 1.807) is 17.0 Å². The Hall–Kier alpha value is -2.67. The van der Waals surface area contributed by atoms with Crippen molar-refractivity contribution in [1.82, 2.24) is 9.80 Å². The molecule has 1 aliphatic carbocycles. The number of imide groups is 1. The number of hydrogen-bond donors (Lipinski definition) is 1. The molecule has 33 heavy (non-hydrogen) atoms. The Balaban J connectivity index is 1.71. The summed E-state index contributed by atoms with van der Waals surface area (Å²) in [5, 5.41) is 2.76. The molecule has 1 aromatic rings. The highest BCUT2D eigenvalue weighted by Gasteiger charge is 2.45. The number of anilines is 1. The molecule has 1 saturated heterocycles. The van der Waals surface area contributed by atoms with Crippen molar-refractivity contribution in [2.45, 2.75) is 84.0 Å². The first kappa shape index (κ1) is 23.5. The van der Waals surface area contributed by atoms with Crippen molar-refractivity contribution in [2.75, 3.05) is 18.4 Å². The summed E-state index contributed by atoms with van der Waals surface area (Å²) >= 11 is 0. The zero-order valence-corrected chi connectivity index (χ0v) is 19.9. The van der Waals surface area contributed by atoms with Crippen LogP contribution < -0.4 is 5.32 Å². The van der Waals surface area contributed by atoms with Gasteiger partial charge in [0.05, 0.1) is 17.8 Å². The zero-order valence-electron chi connectivity index (χ0n) is 19.9. The molecule has 1 N–H and O–H groups in total. The molecule has 2 atom stereocenters. The molecule has 2 unspecified atom stereocenters. The molecule has 0 aromatic heterocycles. The van der Waals surface area contributed by atoms with Crippen molar-refractivity contribution in [3.8, 4) is 0 Å². The number of carbonyl (C=O) groups excluding carboxylic acids is 3. The maximum absolute atomic E-state index is 13.8. The highest BCUT2D eigenvalue weighted by molar-refractivity contribution is 6.35. The summed E-state index contributed by atoms with van der Waals surface area (Å²) in [6.07, 6.45) is 7.32. The minimum atomic E-state index is -0.195. The van der Waals surface area contributed by atoms with Crippen LogP contribution in [0.4, 0.5) is 5.69 Å². The number of ether oxygens (including phenoxy) is 1. The Morgan fingerprint density at radius 3 is 2.06 bits per heavy atom. The Labute approximate surface area is 196 Å². The minimum Gasteiger partial charge on any atom is -0.372 e. The summed E-state index contributed by atoms with van der Waals surface area (Å²) in [6.45, 7) is 6.61. The van der Waals surface area contributed by atoms with Gasteiger partial charge in [-0.15, -0.1) is 0 Å². The van der Waals surface area contributed by atoms with Gasteiger partial charge in [-0.25, -0.2) is 0 Å². The van der Waals surface area contributed by atoms with E-state index in [9.17, 15) is 14.4 Å². The fourth-order valence-corrected chi connectivity index (χ4v) is 5.40. The Morgan fingerprint density at radius 2 is 1.48 bits per heavy atom. The number of morpholine rings is 1. The number of rotatable bonds is 4. The molecule has 3 amide bonds. The van der Waals surface area contributed by atoms with Gasteiger partial charge in [-0.1, -0.05) is 44.2 Å². The van der Waals surface area contributed by atoms with Crippen LogP contribution in [0.25, 0.3) is 5.57 Å². The fourth-order valence-electron chi connectivity index (χ4n) is 5.40. The van der Waals surface area contributed by atoms with E-state index in [-0.39, 0.29) is 36.0 Å². The molecular formula is C26H35N3O4. The smallest absolute Gasteiger partial charge is 0.278 e. The molecule has 3 aliphatic rings. The average Bonchev–Trinajstić information content (AvgIpc) is 2.98. The number of nitrogens with one attached hydrogen (secondary N) is 1. The van der Waals surface area contributed by atoms with Crippen molar-refractivity contribution >= 4 is 29.0 Å². The number of nitrogens with zero attached hydrogens (tertiary/aromatic N) is 2. The van der Waals surface area contributed by atoms with Crippen LogP contribution in [0.2, 0.25) is 0 Å². The van der Waals surface area contributed by atoms with Gasteiger partial charge in [0.2, 0.25) is 5.91 Å². The minimum absolute atomic E-state index is 0.0250. The lowest BCUT2D eigenvalue weighted by molar-refractivity contribution is -0.141. The third kappa shape index (κ3) is 5.13. The van der Waals surface area contributed by atoms with Crippen molar-refractivity contribution < 1.29 is 19.1 Å². The van der Waals surface area contributed by atoms with E-state index >= 15 is 0 Å². The lowest BCUT2D eigenvalue weighted by Gasteiger charge is -2.37. The molecule has 7 nitrogen and oxygen atoms in total. The summed E-state index contributed by atoms with van der Waals surface area (Å²) in [7, 11) is 0. The van der Waals surface area contributed by atoms with E-state index < -0.39 is 0 Å². The summed E-state index contributed by atoms with van der Waals surface area (Å²) in [5.41, 5.74) is 2.34. The zero-order chi connectivity index (χ0) is 23.5. The van der Waals surface area contributed by atoms with Gasteiger partial charge in [0, 0.05) is 31.7 Å². The largest absolute Gasteiger partial charge is 0.372 e. The van der Waals surface area contributed by atoms with E-state index in [4.69, 9.17) is 4.74 Å². The summed E-state index contributed by atoms with van der Waals surface area (Å²) in [6, 6.07) is 7.15. The summed E-state index contributed by atoms with van der Waals surface area (Å²) < 4.78 is 5.89. The lowest BCUT2D eigenvalue weighted by Crippen LogP contribution is -2.48. The van der Waals surface area contributed by atoms with E-state index in [0.717, 1.165) is 38.5 Å². The standard InChI is InChI=1S/C26H35N3O4/c1-17-15-28(16-18(2)33-17)24-23(20-11-13-21(14-12-20)27-19(3)30)25(31)29(26(24)32)22-9-7-5-4-6-8-10-22/h11-14,17-18,22H,4-10,15-16H2,1-3H3,(H,27,30). The van der Waals surface area contributed by atoms with E-state index in [1.165, 1.54) is 13.3 Å². The quantitative estimate of drug-likeness (QED) is 0.699. The third-order valence-electron chi connectivity index (χ3n) is 6.76. The van der Waals surface area contributed by atoms with E-state index in [0.29, 0.717) is 35.6 Å². The van der Waals surface area contributed by atoms with Crippen LogP contribution >= 0.6 is 0 Å². The van der Waals surface area contributed by atoms with E-state index in [1.807, 2.05) is 30.9 Å². The van der Waals surface area contributed by atoms with Gasteiger partial charge >= 0.3 is 0 Å². The molecule has 1 saturated carbocycles. The molecule has 0 bridgehead atoms. The molecule has 2 heterocycles. The van der Waals surface area contributed by atoms with Gasteiger partial charge in [0.1, 0.15) is 5.70 Å². The number of carbonyl (C=O) groups is 3. The maximum Gasteiger partial charge on any atom is 0.278 e. The first-order valence-electron chi connectivity index (χ1n) is 12.3. The molecule has 7 heteroatoms. The predicted molar refractivity (Wildman–Crippen MR) is 127 cm³/mol. The fraction of sp³-hybridized carbons (Fsp3) is 0.577. The van der Waals surface area contributed by atoms with Crippen molar-refractivity contribution in [1.29, 1.82) is 0 Å². The molecule has 178 valence electrons. The normalized spacial score (nSPS) is 25.3. The van der Waals surface area contributed by atoms with E-state index in [2.05, 4.69) is 5.32 Å². The molecular weight excluding hydrogens is 418 g/mol. The average molecular weight is 454 g/mol. The molecule has 2 fully saturated rings. The molecule has 1 aromatic carbocycles. The molecule has 0 spiro atoms. The highest BCUT2D eigenvalue weighted by Crippen LogP contribution is 2.37. The van der Waals surface area contributed by atoms with Gasteiger partial charge in [0.25, 0.3) is 11.8 Å². The highest BCUT2D eigenvalue weighted by atomic mass is 16.5. The Morgan fingerprint density at radius 1 is 0.909 bits per heavy atom. The number of hydrogen-bond acceptors (Lipinski definition) is 5. The molecule has 0 radical (unpaired) electrons. The van der Waals surface area contributed by atoms with Gasteiger partial charge in [-0.3, -0.25) is 19.3 Å². The SMILES string of the molecule is CC(=O)Nc1ccc(C2=C(N3CC(C)OC(C)C3)C(=O)N(C3CCCCCCC3)C2=O)cc1. The lowest BCUT2D eigenvalue weighted by atomic mass is 9.95. The molecule has 2 aliphatic heterocycles. The van der Waals surface area contributed by atoms with Crippen LogP contribution in [-0.4, -0.2) is 58.9 Å². The maximum atomic E-state index is 13.8. The molecule has 4 rings (SSSR count). The predicted octanol–water partition coefficient (Wildman–Crippen LogP) is 3.95. The van der Waals surface area contributed by atoms with Crippen LogP contribution in [0.15, 0.2) is 30.0 Å². The second-order valence-electron chi connectivity index (χ2n) is 9.62. The van der Waals surface area contributed by atoms with Crippen LogP contribution in [0.5, 0.6) is 0 Å². The van der Waals surface area contributed by atoms with Crippen LogP contribution in [0.3, 0.4) is 0 Å². The second-order valence-corrected chi connectivity index (χ2v) is 9.62. The van der Waals surface area contributed by atoms with Gasteiger partial charge in [-0.05, 0) is 44.4 Å². The Bertz CT molecular complexity index is 921. The van der Waals surface area contributed by atoms with Crippen molar-refractivity contribution in [2.24, 2.45) is 0 Å². The monoisotopic (exact) mass is 453 g/mol. The first-order chi connectivity index (χ1) is 15.8. The van der Waals surface area contributed by atoms with Crippen molar-refractivity contribution in [3.63, 3.8) is 0 Å². The summed E-state index contributed by atoms with van der Waals surface area (Å²) in [5.74, 6) is -0.519. The third-order valence-corrected chi connectivity index (χ3v) is 6.76. The van der Waals surface area contributed by atoms with Gasteiger partial charge < -0.3 is 15.0 Å². The van der Waals surface area contributed by atoms with Crippen molar-refractivity contribution in [3.05, 3.63) is 35.5 Å². The van der Waals surface area contributed by atoms with Gasteiger partial charge in [0.15, 0.2) is 0 Å². The number of benzene rings is 1. The van der Waals surface area contributed by atoms with Crippen LogP contribution in [0, 0.1) is 0 Å². The van der Waals surface area contributed by atoms with Crippen LogP contribution in [0.1, 0.15) is 71.3 Å². The van der Waals surface area contributed by atoms with Gasteiger partial charge in [-0.2, -0.15) is 0 Å². The van der Waals surface area contributed by atoms with Crippen LogP contribution in [-0.2, 0) is 19.1 Å².